The van der Waals surface area contributed by atoms with Crippen LogP contribution in [-0.2, 0) is 0 Å². The van der Waals surface area contributed by atoms with Crippen molar-refractivity contribution < 1.29 is 22.3 Å². The van der Waals surface area contributed by atoms with Gasteiger partial charge in [0.05, 0.1) is 13.0 Å². The molecular weight excluding hydrogens is 610 g/mol. The minimum atomic E-state index is -4.34. The lowest BCUT2D eigenvalue weighted by atomic mass is 9.68. The Morgan fingerprint density at radius 3 is 2.17 bits per heavy atom. The maximum absolute atomic E-state index is 14.0. The van der Waals surface area contributed by atoms with E-state index in [-0.39, 0.29) is 16.6 Å². The average molecular weight is 676 g/mol. The molecule has 2 nitrogen and oxygen atoms in total. The Kier molecular flexibility index (Phi) is 19.4. The van der Waals surface area contributed by atoms with E-state index in [4.69, 9.17) is 10.1 Å². The Hall–Kier alpha value is -2.63. The zero-order valence-corrected chi connectivity index (χ0v) is 31.3. The third-order valence-corrected chi connectivity index (χ3v) is 10.4. The smallest absolute Gasteiger partial charge is 0.392 e. The van der Waals surface area contributed by atoms with Gasteiger partial charge in [-0.3, -0.25) is 0 Å². The van der Waals surface area contributed by atoms with Gasteiger partial charge in [-0.2, -0.15) is 13.2 Å². The highest BCUT2D eigenvalue weighted by Crippen LogP contribution is 2.43. The van der Waals surface area contributed by atoms with Crippen LogP contribution in [0.4, 0.5) is 17.6 Å². The first-order valence-electron chi connectivity index (χ1n) is 18.4. The molecule has 2 atom stereocenters. The highest BCUT2D eigenvalue weighted by molar-refractivity contribution is 5.63. The van der Waals surface area contributed by atoms with Crippen molar-refractivity contribution in [2.75, 3.05) is 6.61 Å². The maximum atomic E-state index is 14.0. The summed E-state index contributed by atoms with van der Waals surface area (Å²) in [5, 5.41) is 8.21. The molecule has 0 bridgehead atoms. The Balaban J connectivity index is 3.11. The van der Waals surface area contributed by atoms with Crippen LogP contribution in [0, 0.1) is 33.9 Å². The van der Waals surface area contributed by atoms with Crippen LogP contribution in [0.5, 0.6) is 5.75 Å². The predicted molar refractivity (Wildman–Crippen MR) is 198 cm³/mol. The molecule has 0 aliphatic heterocycles. The van der Waals surface area contributed by atoms with Gasteiger partial charge in [-0.05, 0) is 105 Å². The van der Waals surface area contributed by atoms with E-state index in [1.807, 2.05) is 19.1 Å². The van der Waals surface area contributed by atoms with Gasteiger partial charge in [0.15, 0.2) is 0 Å². The second kappa shape index (κ2) is 21.5. The summed E-state index contributed by atoms with van der Waals surface area (Å²) in [5.74, 6) is 0.431. The molecule has 1 N–H and O–H groups in total. The molecule has 0 aromatic heterocycles. The van der Waals surface area contributed by atoms with Gasteiger partial charge in [-0.25, -0.2) is 4.39 Å². The number of allylic oxidation sites excluding steroid dienone is 6. The quantitative estimate of drug-likeness (QED) is 0.0503. The summed E-state index contributed by atoms with van der Waals surface area (Å²) in [6, 6.07) is 4.04. The highest BCUT2D eigenvalue weighted by Gasteiger charge is 2.32. The van der Waals surface area contributed by atoms with E-state index in [1.54, 1.807) is 12.3 Å². The van der Waals surface area contributed by atoms with Crippen LogP contribution in [0.2, 0.25) is 0 Å². The summed E-state index contributed by atoms with van der Waals surface area (Å²) in [4.78, 5) is 0. The molecule has 0 heterocycles. The lowest BCUT2D eigenvalue weighted by Crippen LogP contribution is -2.29. The van der Waals surface area contributed by atoms with Crippen molar-refractivity contribution in [3.63, 3.8) is 0 Å². The van der Waals surface area contributed by atoms with Crippen LogP contribution in [0.15, 0.2) is 59.7 Å². The first kappa shape index (κ1) is 43.4. The van der Waals surface area contributed by atoms with Crippen molar-refractivity contribution >= 4 is 12.3 Å². The molecule has 0 saturated heterocycles. The molecule has 1 rings (SSSR count). The summed E-state index contributed by atoms with van der Waals surface area (Å²) < 4.78 is 57.6. The third-order valence-electron chi connectivity index (χ3n) is 10.4. The van der Waals surface area contributed by atoms with Crippen LogP contribution in [-0.4, -0.2) is 19.0 Å². The molecule has 0 fully saturated rings. The lowest BCUT2D eigenvalue weighted by Gasteiger charge is -2.37. The third kappa shape index (κ3) is 14.9. The van der Waals surface area contributed by atoms with Crippen molar-refractivity contribution in [1.82, 2.24) is 0 Å². The predicted octanol–water partition coefficient (Wildman–Crippen LogP) is 14.3. The molecule has 0 aliphatic rings. The Morgan fingerprint density at radius 1 is 0.938 bits per heavy atom. The molecule has 0 amide bonds. The SMILES string of the molecule is C=C(CC(CC)(CC)CCCC(/C=C\C)=C/C(=C/c1ccc(F)cc1OCCC(F)(F)F)CCC)C(C)CCC(C=N)(CCC)C(C)C. The molecule has 1 aromatic carbocycles. The largest absolute Gasteiger partial charge is 0.493 e. The summed E-state index contributed by atoms with van der Waals surface area (Å²) in [5.41, 5.74) is 4.27. The molecule has 0 saturated carbocycles. The summed E-state index contributed by atoms with van der Waals surface area (Å²) >= 11 is 0. The molecule has 0 aliphatic carbocycles. The minimum absolute atomic E-state index is 0.0328. The van der Waals surface area contributed by atoms with Gasteiger partial charge in [0.2, 0.25) is 0 Å². The van der Waals surface area contributed by atoms with Crippen LogP contribution in [0.25, 0.3) is 6.08 Å². The highest BCUT2D eigenvalue weighted by atomic mass is 19.4. The normalized spacial score (nSPS) is 15.2. The van der Waals surface area contributed by atoms with Crippen molar-refractivity contribution in [3.05, 3.63) is 71.1 Å². The molecule has 2 unspecified atom stereocenters. The van der Waals surface area contributed by atoms with E-state index in [1.165, 1.54) is 17.2 Å². The van der Waals surface area contributed by atoms with E-state index >= 15 is 0 Å². The standard InChI is InChI=1S/C42H65F4NO/c1-10-16-35(27-36(17-11-2)28-37-19-20-38(43)29-39(37)48-26-25-42(44,45)46)18-15-23-40(13-4,14-5)30-34(9)33(8)21-24-41(31-47,22-12-3)32(6)7/h10,16,19-20,27-29,31-33,47H,9,11-15,17-18,21-26,30H2,1-8H3/b16-10-,35-27+,36-28+,47-31?. The zero-order chi connectivity index (χ0) is 36.4. The molecular formula is C42H65F4NO. The van der Waals surface area contributed by atoms with Crippen LogP contribution in [0.1, 0.15) is 144 Å². The van der Waals surface area contributed by atoms with Gasteiger partial charge < -0.3 is 10.1 Å². The van der Waals surface area contributed by atoms with Crippen molar-refractivity contribution in [3.8, 4) is 5.75 Å². The van der Waals surface area contributed by atoms with Gasteiger partial charge in [-0.1, -0.05) is 105 Å². The van der Waals surface area contributed by atoms with E-state index < -0.39 is 25.0 Å². The van der Waals surface area contributed by atoms with Gasteiger partial charge in [0.25, 0.3) is 0 Å². The Morgan fingerprint density at radius 2 is 1.62 bits per heavy atom. The number of hydrogen-bond donors (Lipinski definition) is 1. The van der Waals surface area contributed by atoms with Gasteiger partial charge >= 0.3 is 6.18 Å². The number of hydrogen-bond acceptors (Lipinski definition) is 2. The summed E-state index contributed by atoms with van der Waals surface area (Å²) in [7, 11) is 0. The molecule has 48 heavy (non-hydrogen) atoms. The van der Waals surface area contributed by atoms with Gasteiger partial charge in [0, 0.05) is 23.3 Å². The van der Waals surface area contributed by atoms with E-state index in [0.29, 0.717) is 17.4 Å². The van der Waals surface area contributed by atoms with E-state index in [2.05, 4.69) is 67.2 Å². The fourth-order valence-corrected chi connectivity index (χ4v) is 6.79. The number of ether oxygens (including phenoxy) is 1. The number of halogens is 4. The number of nitrogens with one attached hydrogen (secondary N) is 1. The average Bonchev–Trinajstić information content (AvgIpc) is 3.02. The summed E-state index contributed by atoms with van der Waals surface area (Å²) in [6.45, 7) is 21.7. The second-order valence-corrected chi connectivity index (χ2v) is 14.2. The summed E-state index contributed by atoms with van der Waals surface area (Å²) in [6.07, 6.45) is 16.7. The molecule has 0 spiro atoms. The number of benzene rings is 1. The minimum Gasteiger partial charge on any atom is -0.493 e. The van der Waals surface area contributed by atoms with E-state index in [9.17, 15) is 17.6 Å². The Bertz CT molecular complexity index is 1200. The van der Waals surface area contributed by atoms with Crippen molar-refractivity contribution in [2.24, 2.45) is 22.7 Å². The number of rotatable bonds is 24. The molecule has 0 radical (unpaired) electrons. The molecule has 272 valence electrons. The maximum Gasteiger partial charge on any atom is 0.392 e. The monoisotopic (exact) mass is 676 g/mol. The van der Waals surface area contributed by atoms with Crippen molar-refractivity contribution in [2.45, 2.75) is 145 Å². The van der Waals surface area contributed by atoms with Gasteiger partial charge in [-0.15, -0.1) is 0 Å². The number of alkyl halides is 3. The van der Waals surface area contributed by atoms with Crippen LogP contribution >= 0.6 is 0 Å². The topological polar surface area (TPSA) is 33.1 Å². The first-order chi connectivity index (χ1) is 22.6. The fraction of sp³-hybridized carbons (Fsp3) is 0.643. The molecule has 1 aromatic rings. The second-order valence-electron chi connectivity index (χ2n) is 14.2. The van der Waals surface area contributed by atoms with Gasteiger partial charge in [0.1, 0.15) is 11.6 Å². The van der Waals surface area contributed by atoms with Crippen LogP contribution < -0.4 is 4.74 Å². The van der Waals surface area contributed by atoms with E-state index in [0.717, 1.165) is 88.7 Å². The van der Waals surface area contributed by atoms with Crippen molar-refractivity contribution in [1.29, 1.82) is 5.41 Å². The lowest BCUT2D eigenvalue weighted by molar-refractivity contribution is -0.139. The molecule has 6 heteroatoms. The van der Waals surface area contributed by atoms with Crippen LogP contribution in [0.3, 0.4) is 0 Å². The Labute approximate surface area is 290 Å². The fourth-order valence-electron chi connectivity index (χ4n) is 6.79. The zero-order valence-electron chi connectivity index (χ0n) is 31.3. The first-order valence-corrected chi connectivity index (χ1v) is 18.4.